The summed E-state index contributed by atoms with van der Waals surface area (Å²) in [5.74, 6) is 0.0372. The summed E-state index contributed by atoms with van der Waals surface area (Å²) in [6.07, 6.45) is 0.352. The molecule has 6 nitrogen and oxygen atoms in total. The van der Waals surface area contributed by atoms with E-state index in [1.807, 2.05) is 13.8 Å². The fraction of sp³-hybridized carbons (Fsp3) is 0.667. The van der Waals surface area contributed by atoms with Gasteiger partial charge in [-0.1, -0.05) is 0 Å². The lowest BCUT2D eigenvalue weighted by molar-refractivity contribution is -0.129. The lowest BCUT2D eigenvalue weighted by atomic mass is 10.1. The van der Waals surface area contributed by atoms with Crippen molar-refractivity contribution in [1.29, 1.82) is 0 Å². The van der Waals surface area contributed by atoms with Crippen LogP contribution in [0.25, 0.3) is 0 Å². The molecule has 2 N–H and O–H groups in total. The summed E-state index contributed by atoms with van der Waals surface area (Å²) in [6.45, 7) is 5.07. The summed E-state index contributed by atoms with van der Waals surface area (Å²) >= 11 is 0. The number of carbonyl (C=O) groups is 1. The zero-order valence-corrected chi connectivity index (χ0v) is 11.2. The number of H-pyrrole nitrogens is 1. The molecule has 0 aliphatic heterocycles. The van der Waals surface area contributed by atoms with Gasteiger partial charge in [0.05, 0.1) is 31.9 Å². The highest BCUT2D eigenvalue weighted by Gasteiger charge is 2.14. The Morgan fingerprint density at radius 2 is 2.17 bits per heavy atom. The number of nitrogens with zero attached hydrogens (tertiary/aromatic N) is 2. The van der Waals surface area contributed by atoms with E-state index in [0.29, 0.717) is 26.2 Å². The fourth-order valence-corrected chi connectivity index (χ4v) is 1.61. The maximum Gasteiger partial charge on any atom is 0.226 e. The van der Waals surface area contributed by atoms with Gasteiger partial charge in [0, 0.05) is 24.8 Å². The lowest BCUT2D eigenvalue weighted by Crippen LogP contribution is -2.31. The molecule has 0 radical (unpaired) electrons. The number of aliphatic hydroxyl groups excluding tert-OH is 1. The van der Waals surface area contributed by atoms with E-state index in [1.54, 1.807) is 11.9 Å². The van der Waals surface area contributed by atoms with Crippen molar-refractivity contribution in [3.8, 4) is 0 Å². The zero-order valence-electron chi connectivity index (χ0n) is 11.2. The third-order valence-electron chi connectivity index (χ3n) is 2.84. The molecule has 0 fully saturated rings. The number of hydrogen-bond acceptors (Lipinski definition) is 4. The van der Waals surface area contributed by atoms with Gasteiger partial charge >= 0.3 is 0 Å². The first-order valence-electron chi connectivity index (χ1n) is 5.99. The van der Waals surface area contributed by atoms with Crippen LogP contribution in [0.3, 0.4) is 0 Å². The summed E-state index contributed by atoms with van der Waals surface area (Å²) in [7, 11) is 1.75. The Labute approximate surface area is 107 Å². The largest absolute Gasteiger partial charge is 0.394 e. The number of carbonyl (C=O) groups excluding carboxylic acids is 1. The maximum atomic E-state index is 12.0. The van der Waals surface area contributed by atoms with Crippen molar-refractivity contribution in [2.45, 2.75) is 20.3 Å². The predicted molar refractivity (Wildman–Crippen MR) is 67.3 cm³/mol. The molecule has 0 aliphatic carbocycles. The first-order chi connectivity index (χ1) is 8.56. The Balaban J connectivity index is 2.40. The van der Waals surface area contributed by atoms with Gasteiger partial charge in [0.1, 0.15) is 0 Å². The van der Waals surface area contributed by atoms with Crippen LogP contribution in [0.1, 0.15) is 17.0 Å². The van der Waals surface area contributed by atoms with Crippen molar-refractivity contribution in [3.05, 3.63) is 17.0 Å². The van der Waals surface area contributed by atoms with Crippen LogP contribution in [0, 0.1) is 13.8 Å². The Hall–Kier alpha value is -1.40. The van der Waals surface area contributed by atoms with Gasteiger partial charge in [-0.05, 0) is 13.8 Å². The monoisotopic (exact) mass is 255 g/mol. The normalized spacial score (nSPS) is 10.7. The van der Waals surface area contributed by atoms with Gasteiger partial charge in [-0.15, -0.1) is 0 Å². The molecule has 0 saturated carbocycles. The molecule has 0 aromatic carbocycles. The van der Waals surface area contributed by atoms with E-state index in [4.69, 9.17) is 9.84 Å². The molecule has 0 aliphatic rings. The Morgan fingerprint density at radius 1 is 1.44 bits per heavy atom. The van der Waals surface area contributed by atoms with Crippen molar-refractivity contribution in [3.63, 3.8) is 0 Å². The first-order valence-corrected chi connectivity index (χ1v) is 5.99. The summed E-state index contributed by atoms with van der Waals surface area (Å²) in [5.41, 5.74) is 2.76. The number of hydrogen-bond donors (Lipinski definition) is 2. The second kappa shape index (κ2) is 7.13. The molecular weight excluding hydrogens is 234 g/mol. The van der Waals surface area contributed by atoms with Crippen molar-refractivity contribution in [1.82, 2.24) is 15.1 Å². The Morgan fingerprint density at radius 3 is 2.72 bits per heavy atom. The van der Waals surface area contributed by atoms with Gasteiger partial charge < -0.3 is 14.7 Å². The van der Waals surface area contributed by atoms with Crippen LogP contribution in [0.2, 0.25) is 0 Å². The van der Waals surface area contributed by atoms with Crippen LogP contribution in [0.5, 0.6) is 0 Å². The van der Waals surface area contributed by atoms with Crippen molar-refractivity contribution < 1.29 is 14.6 Å². The zero-order chi connectivity index (χ0) is 13.5. The van der Waals surface area contributed by atoms with E-state index in [1.165, 1.54) is 0 Å². The van der Waals surface area contributed by atoms with Gasteiger partial charge in [0.2, 0.25) is 5.91 Å². The number of aromatic amines is 1. The number of nitrogens with one attached hydrogen (secondary N) is 1. The second-order valence-corrected chi connectivity index (χ2v) is 4.24. The lowest BCUT2D eigenvalue weighted by Gasteiger charge is -2.17. The minimum absolute atomic E-state index is 0.00503. The number of aryl methyl sites for hydroxylation is 2. The molecule has 1 aromatic heterocycles. The van der Waals surface area contributed by atoms with Crippen molar-refractivity contribution in [2.75, 3.05) is 33.4 Å². The minimum atomic E-state index is 0.00503. The van der Waals surface area contributed by atoms with Crippen LogP contribution < -0.4 is 0 Å². The smallest absolute Gasteiger partial charge is 0.226 e. The van der Waals surface area contributed by atoms with Gasteiger partial charge in [-0.3, -0.25) is 9.89 Å². The molecular formula is C12H21N3O3. The predicted octanol–water partition coefficient (Wildman–Crippen LogP) is 0.0363. The Bertz CT molecular complexity index is 370. The highest BCUT2D eigenvalue weighted by molar-refractivity contribution is 5.79. The average Bonchev–Trinajstić information content (AvgIpc) is 2.66. The van der Waals surface area contributed by atoms with Gasteiger partial charge in [-0.2, -0.15) is 5.10 Å². The first kappa shape index (κ1) is 14.7. The third-order valence-corrected chi connectivity index (χ3v) is 2.84. The van der Waals surface area contributed by atoms with Gasteiger partial charge in [0.25, 0.3) is 0 Å². The summed E-state index contributed by atoms with van der Waals surface area (Å²) in [6, 6.07) is 0. The van der Waals surface area contributed by atoms with E-state index < -0.39 is 0 Å². The van der Waals surface area contributed by atoms with E-state index in [2.05, 4.69) is 10.2 Å². The molecule has 1 heterocycles. The number of amides is 1. The van der Waals surface area contributed by atoms with Crippen LogP contribution in [-0.4, -0.2) is 59.5 Å². The molecule has 0 atom stereocenters. The maximum absolute atomic E-state index is 12.0. The molecule has 1 aromatic rings. The second-order valence-electron chi connectivity index (χ2n) is 4.24. The van der Waals surface area contributed by atoms with Crippen LogP contribution in [0.15, 0.2) is 0 Å². The van der Waals surface area contributed by atoms with Crippen LogP contribution in [0.4, 0.5) is 0 Å². The van der Waals surface area contributed by atoms with Gasteiger partial charge in [0.15, 0.2) is 0 Å². The number of ether oxygens (including phenoxy) is 1. The number of rotatable bonds is 7. The highest BCUT2D eigenvalue weighted by atomic mass is 16.5. The molecule has 1 amide bonds. The third kappa shape index (κ3) is 4.12. The van der Waals surface area contributed by atoms with Gasteiger partial charge in [-0.25, -0.2) is 0 Å². The topological polar surface area (TPSA) is 78.5 Å². The molecule has 0 saturated heterocycles. The summed E-state index contributed by atoms with van der Waals surface area (Å²) in [4.78, 5) is 13.6. The van der Waals surface area contributed by atoms with Crippen LogP contribution >= 0.6 is 0 Å². The number of aliphatic hydroxyl groups is 1. The number of likely N-dealkylation sites (N-methyl/N-ethyl adjacent to an activating group) is 1. The molecule has 0 unspecified atom stereocenters. The Kier molecular flexibility index (Phi) is 5.80. The minimum Gasteiger partial charge on any atom is -0.394 e. The highest BCUT2D eigenvalue weighted by Crippen LogP contribution is 2.10. The molecule has 18 heavy (non-hydrogen) atoms. The SMILES string of the molecule is Cc1n[nH]c(C)c1CC(=O)N(C)CCOCCO. The number of aromatic nitrogens is 2. The quantitative estimate of drug-likeness (QED) is 0.674. The molecule has 0 spiro atoms. The molecule has 102 valence electrons. The fourth-order valence-electron chi connectivity index (χ4n) is 1.61. The van der Waals surface area contributed by atoms with E-state index in [-0.39, 0.29) is 12.5 Å². The molecule has 1 rings (SSSR count). The van der Waals surface area contributed by atoms with Crippen molar-refractivity contribution in [2.24, 2.45) is 0 Å². The average molecular weight is 255 g/mol. The van der Waals surface area contributed by atoms with Crippen molar-refractivity contribution >= 4 is 5.91 Å². The summed E-state index contributed by atoms with van der Waals surface area (Å²) in [5, 5.41) is 15.5. The van der Waals surface area contributed by atoms with E-state index in [0.717, 1.165) is 17.0 Å². The van der Waals surface area contributed by atoms with E-state index in [9.17, 15) is 4.79 Å². The van der Waals surface area contributed by atoms with Crippen LogP contribution in [-0.2, 0) is 16.0 Å². The molecule has 0 bridgehead atoms. The molecule has 6 heteroatoms. The standard InChI is InChI=1S/C12H21N3O3/c1-9-11(10(2)14-13-9)8-12(17)15(3)4-6-18-7-5-16/h16H,4-8H2,1-3H3,(H,13,14). The summed E-state index contributed by atoms with van der Waals surface area (Å²) < 4.78 is 5.12. The van der Waals surface area contributed by atoms with E-state index >= 15 is 0 Å².